The molecule has 0 radical (unpaired) electrons. The Morgan fingerprint density at radius 2 is 1.89 bits per heavy atom. The van der Waals surface area contributed by atoms with Crippen LogP contribution in [-0.4, -0.2) is 29.5 Å². The SMILES string of the molecule is NC(=O)CCCNC(=O)[C@H](N)Cc1ccc(O)cc1. The van der Waals surface area contributed by atoms with Gasteiger partial charge in [-0.15, -0.1) is 0 Å². The number of amides is 2. The summed E-state index contributed by atoms with van der Waals surface area (Å²) in [7, 11) is 0. The first-order valence-corrected chi connectivity index (χ1v) is 6.08. The molecule has 19 heavy (non-hydrogen) atoms. The van der Waals surface area contributed by atoms with E-state index in [4.69, 9.17) is 16.6 Å². The van der Waals surface area contributed by atoms with Gasteiger partial charge in [-0.2, -0.15) is 0 Å². The summed E-state index contributed by atoms with van der Waals surface area (Å²) in [5.74, 6) is -0.478. The number of aromatic hydroxyl groups is 1. The van der Waals surface area contributed by atoms with Crippen LogP contribution in [0.1, 0.15) is 18.4 Å². The molecule has 0 spiro atoms. The van der Waals surface area contributed by atoms with Gasteiger partial charge in [0.15, 0.2) is 0 Å². The maximum atomic E-state index is 11.7. The van der Waals surface area contributed by atoms with Gasteiger partial charge in [-0.3, -0.25) is 9.59 Å². The molecule has 0 heterocycles. The molecule has 6 N–H and O–H groups in total. The molecular formula is C13H19N3O3. The molecule has 0 aromatic heterocycles. The van der Waals surface area contributed by atoms with Crippen LogP contribution in [0.15, 0.2) is 24.3 Å². The monoisotopic (exact) mass is 265 g/mol. The lowest BCUT2D eigenvalue weighted by Gasteiger charge is -2.12. The number of carbonyl (C=O) groups excluding carboxylic acids is 2. The van der Waals surface area contributed by atoms with Crippen LogP contribution in [-0.2, 0) is 16.0 Å². The summed E-state index contributed by atoms with van der Waals surface area (Å²) in [6.07, 6.45) is 1.14. The topological polar surface area (TPSA) is 118 Å². The van der Waals surface area contributed by atoms with E-state index in [-0.39, 0.29) is 24.0 Å². The van der Waals surface area contributed by atoms with Gasteiger partial charge in [-0.05, 0) is 30.5 Å². The lowest BCUT2D eigenvalue weighted by atomic mass is 10.1. The van der Waals surface area contributed by atoms with Gasteiger partial charge in [0, 0.05) is 13.0 Å². The third kappa shape index (κ3) is 5.87. The second kappa shape index (κ2) is 7.38. The van der Waals surface area contributed by atoms with E-state index >= 15 is 0 Å². The van der Waals surface area contributed by atoms with E-state index in [1.54, 1.807) is 24.3 Å². The highest BCUT2D eigenvalue weighted by atomic mass is 16.3. The number of nitrogens with two attached hydrogens (primary N) is 2. The molecule has 6 heteroatoms. The smallest absolute Gasteiger partial charge is 0.237 e. The molecule has 6 nitrogen and oxygen atoms in total. The molecule has 0 fully saturated rings. The number of hydrogen-bond acceptors (Lipinski definition) is 4. The van der Waals surface area contributed by atoms with E-state index in [2.05, 4.69) is 5.32 Å². The molecule has 1 rings (SSSR count). The number of rotatable bonds is 7. The van der Waals surface area contributed by atoms with E-state index < -0.39 is 6.04 Å². The maximum Gasteiger partial charge on any atom is 0.237 e. The van der Waals surface area contributed by atoms with Gasteiger partial charge >= 0.3 is 0 Å². The number of phenolic OH excluding ortho intramolecular Hbond substituents is 1. The second-order valence-corrected chi connectivity index (χ2v) is 4.34. The van der Waals surface area contributed by atoms with E-state index in [0.717, 1.165) is 5.56 Å². The highest BCUT2D eigenvalue weighted by Gasteiger charge is 2.13. The fourth-order valence-corrected chi connectivity index (χ4v) is 1.58. The third-order valence-electron chi connectivity index (χ3n) is 2.63. The summed E-state index contributed by atoms with van der Waals surface area (Å²) in [4.78, 5) is 22.2. The second-order valence-electron chi connectivity index (χ2n) is 4.34. The first-order valence-electron chi connectivity index (χ1n) is 6.08. The molecule has 0 saturated heterocycles. The fraction of sp³-hybridized carbons (Fsp3) is 0.385. The molecule has 104 valence electrons. The summed E-state index contributed by atoms with van der Waals surface area (Å²) in [6.45, 7) is 0.380. The van der Waals surface area contributed by atoms with Gasteiger partial charge in [0.25, 0.3) is 0 Å². The number of nitrogens with one attached hydrogen (secondary N) is 1. The van der Waals surface area contributed by atoms with Crippen molar-refractivity contribution >= 4 is 11.8 Å². The fourth-order valence-electron chi connectivity index (χ4n) is 1.58. The number of hydrogen-bond donors (Lipinski definition) is 4. The predicted molar refractivity (Wildman–Crippen MR) is 71.2 cm³/mol. The molecule has 1 atom stereocenters. The highest BCUT2D eigenvalue weighted by molar-refractivity contribution is 5.81. The lowest BCUT2D eigenvalue weighted by Crippen LogP contribution is -2.42. The Morgan fingerprint density at radius 3 is 2.47 bits per heavy atom. The molecule has 0 unspecified atom stereocenters. The standard InChI is InChI=1S/C13H19N3O3/c14-11(8-9-3-5-10(17)6-4-9)13(19)16-7-1-2-12(15)18/h3-6,11,17H,1-2,7-8,14H2,(H2,15,18)(H,16,19)/t11-/m1/s1. The largest absolute Gasteiger partial charge is 0.508 e. The zero-order valence-electron chi connectivity index (χ0n) is 10.6. The van der Waals surface area contributed by atoms with Crippen LogP contribution in [0.3, 0.4) is 0 Å². The van der Waals surface area contributed by atoms with Crippen molar-refractivity contribution in [3.05, 3.63) is 29.8 Å². The van der Waals surface area contributed by atoms with Gasteiger partial charge < -0.3 is 21.9 Å². The lowest BCUT2D eigenvalue weighted by molar-refractivity contribution is -0.123. The van der Waals surface area contributed by atoms with Gasteiger partial charge in [0.1, 0.15) is 5.75 Å². The van der Waals surface area contributed by atoms with Crippen molar-refractivity contribution in [2.24, 2.45) is 11.5 Å². The Balaban J connectivity index is 2.32. The summed E-state index contributed by atoms with van der Waals surface area (Å²) >= 11 is 0. The van der Waals surface area contributed by atoms with E-state index in [1.165, 1.54) is 0 Å². The van der Waals surface area contributed by atoms with Crippen molar-refractivity contribution in [1.82, 2.24) is 5.32 Å². The van der Waals surface area contributed by atoms with Crippen LogP contribution >= 0.6 is 0 Å². The number of primary amides is 1. The zero-order valence-corrected chi connectivity index (χ0v) is 10.6. The van der Waals surface area contributed by atoms with Crippen LogP contribution in [0, 0.1) is 0 Å². The third-order valence-corrected chi connectivity index (χ3v) is 2.63. The molecule has 0 bridgehead atoms. The van der Waals surface area contributed by atoms with E-state index in [1.807, 2.05) is 0 Å². The Kier molecular flexibility index (Phi) is 5.81. The first kappa shape index (κ1) is 15.0. The molecule has 2 amide bonds. The van der Waals surface area contributed by atoms with Crippen molar-refractivity contribution < 1.29 is 14.7 Å². The molecule has 0 aliphatic carbocycles. The first-order chi connectivity index (χ1) is 8.99. The Hall–Kier alpha value is -2.08. The summed E-state index contributed by atoms with van der Waals surface area (Å²) < 4.78 is 0. The van der Waals surface area contributed by atoms with Crippen molar-refractivity contribution in [3.8, 4) is 5.75 Å². The van der Waals surface area contributed by atoms with Gasteiger partial charge in [0.2, 0.25) is 11.8 Å². The van der Waals surface area contributed by atoms with Gasteiger partial charge in [0.05, 0.1) is 6.04 Å². The van der Waals surface area contributed by atoms with Crippen molar-refractivity contribution in [2.75, 3.05) is 6.54 Å². The van der Waals surface area contributed by atoms with E-state index in [9.17, 15) is 9.59 Å². The molecule has 0 saturated carbocycles. The highest BCUT2D eigenvalue weighted by Crippen LogP contribution is 2.10. The van der Waals surface area contributed by atoms with Crippen LogP contribution in [0.25, 0.3) is 0 Å². The maximum absolute atomic E-state index is 11.7. The van der Waals surface area contributed by atoms with Crippen LogP contribution in [0.2, 0.25) is 0 Å². The van der Waals surface area contributed by atoms with Crippen LogP contribution in [0.5, 0.6) is 5.75 Å². The number of benzene rings is 1. The predicted octanol–water partition coefficient (Wildman–Crippen LogP) is -0.356. The molecule has 1 aromatic rings. The summed E-state index contributed by atoms with van der Waals surface area (Å²) in [6, 6.07) is 5.88. The Bertz CT molecular complexity index is 431. The van der Waals surface area contributed by atoms with Crippen molar-refractivity contribution in [1.29, 1.82) is 0 Å². The molecule has 0 aliphatic rings. The minimum Gasteiger partial charge on any atom is -0.508 e. The average Bonchev–Trinajstić information content (AvgIpc) is 2.36. The molecule has 1 aromatic carbocycles. The normalized spacial score (nSPS) is 11.8. The minimum absolute atomic E-state index is 0.174. The van der Waals surface area contributed by atoms with Gasteiger partial charge in [-0.25, -0.2) is 0 Å². The Labute approximate surface area is 111 Å². The minimum atomic E-state index is -0.655. The van der Waals surface area contributed by atoms with Gasteiger partial charge in [-0.1, -0.05) is 12.1 Å². The Morgan fingerprint density at radius 1 is 1.26 bits per heavy atom. The summed E-state index contributed by atoms with van der Waals surface area (Å²) in [5, 5.41) is 11.8. The van der Waals surface area contributed by atoms with Crippen molar-refractivity contribution in [2.45, 2.75) is 25.3 Å². The average molecular weight is 265 g/mol. The van der Waals surface area contributed by atoms with Crippen molar-refractivity contribution in [3.63, 3.8) is 0 Å². The summed E-state index contributed by atoms with van der Waals surface area (Å²) in [5.41, 5.74) is 11.6. The van der Waals surface area contributed by atoms with Crippen LogP contribution < -0.4 is 16.8 Å². The number of phenols is 1. The molecular weight excluding hydrogens is 246 g/mol. The molecule has 0 aliphatic heterocycles. The number of carbonyl (C=O) groups is 2. The zero-order chi connectivity index (χ0) is 14.3. The van der Waals surface area contributed by atoms with Crippen LogP contribution in [0.4, 0.5) is 0 Å². The van der Waals surface area contributed by atoms with E-state index in [0.29, 0.717) is 19.4 Å². The quantitative estimate of drug-likeness (QED) is 0.503.